The van der Waals surface area contributed by atoms with Gasteiger partial charge in [0, 0.05) is 37.1 Å². The van der Waals surface area contributed by atoms with E-state index in [9.17, 15) is 22.8 Å². The monoisotopic (exact) mass is 509 g/mol. The Morgan fingerprint density at radius 3 is 2.33 bits per heavy atom. The van der Waals surface area contributed by atoms with Gasteiger partial charge in [-0.3, -0.25) is 24.7 Å². The topological polar surface area (TPSA) is 152 Å². The summed E-state index contributed by atoms with van der Waals surface area (Å²) in [5.74, 6) is -2.61. The summed E-state index contributed by atoms with van der Waals surface area (Å²) in [5.41, 5.74) is 6.38. The third-order valence-corrected chi connectivity index (χ3v) is 7.69. The molecule has 10 nitrogen and oxygen atoms in total. The van der Waals surface area contributed by atoms with Gasteiger partial charge in [-0.25, -0.2) is 8.42 Å². The van der Waals surface area contributed by atoms with Crippen LogP contribution in [0.3, 0.4) is 0 Å². The van der Waals surface area contributed by atoms with Gasteiger partial charge < -0.3 is 10.6 Å². The van der Waals surface area contributed by atoms with Crippen LogP contribution >= 0.6 is 0 Å². The number of hydrogen-bond donors (Lipinski definition) is 3. The number of nitrogens with zero attached hydrogens (tertiary/aromatic N) is 2. The molecular weight excluding hydrogens is 482 g/mol. The average molecular weight is 510 g/mol. The first-order valence-electron chi connectivity index (χ1n) is 11.5. The van der Waals surface area contributed by atoms with E-state index in [4.69, 9.17) is 5.73 Å². The minimum absolute atomic E-state index is 0.0649. The molecule has 1 fully saturated rings. The normalized spacial score (nSPS) is 15.4. The number of aromatic nitrogens is 1. The lowest BCUT2D eigenvalue weighted by Gasteiger charge is -2.32. The Labute approximate surface area is 208 Å². The molecule has 1 aliphatic heterocycles. The number of nitrogens with two attached hydrogens (primary N) is 1. The summed E-state index contributed by atoms with van der Waals surface area (Å²) >= 11 is 0. The van der Waals surface area contributed by atoms with Crippen molar-refractivity contribution in [3.63, 3.8) is 0 Å². The number of amides is 3. The van der Waals surface area contributed by atoms with Crippen LogP contribution in [-0.2, 0) is 24.4 Å². The molecule has 3 amide bonds. The van der Waals surface area contributed by atoms with Crippen molar-refractivity contribution >= 4 is 44.2 Å². The minimum atomic E-state index is -4.15. The Bertz CT molecular complexity index is 1370. The predicted molar refractivity (Wildman–Crippen MR) is 134 cm³/mol. The predicted octanol–water partition coefficient (Wildman–Crippen LogP) is 1.32. The Kier molecular flexibility index (Phi) is 7.61. The molecule has 2 aromatic carbocycles. The van der Waals surface area contributed by atoms with Crippen LogP contribution in [0.5, 0.6) is 0 Å². The maximum Gasteiger partial charge on any atom is 0.241 e. The summed E-state index contributed by atoms with van der Waals surface area (Å²) in [6.07, 6.45) is 3.92. The Morgan fingerprint density at radius 2 is 1.67 bits per heavy atom. The highest BCUT2D eigenvalue weighted by molar-refractivity contribution is 7.89. The number of benzene rings is 2. The molecule has 1 saturated heterocycles. The number of nitrogens with one attached hydrogen (secondary N) is 2. The molecule has 36 heavy (non-hydrogen) atoms. The van der Waals surface area contributed by atoms with Crippen LogP contribution in [0.25, 0.3) is 10.8 Å². The van der Waals surface area contributed by atoms with Gasteiger partial charge in [-0.1, -0.05) is 30.3 Å². The van der Waals surface area contributed by atoms with Crippen LogP contribution in [-0.4, -0.2) is 50.3 Å². The number of carbonyl (C=O) groups is 3. The molecule has 0 spiro atoms. The lowest BCUT2D eigenvalue weighted by atomic mass is 9.95. The molecule has 4 rings (SSSR count). The number of imide groups is 1. The SMILES string of the molecule is NC(=O)C(CC(=O)NC(=O)C1CCN(c2ccncc2)CC1)NS(=O)(=O)c1ccc2ccccc2c1. The number of carbonyl (C=O) groups excluding carboxylic acids is 3. The maximum atomic E-state index is 12.9. The lowest BCUT2D eigenvalue weighted by molar-refractivity contribution is -0.134. The molecule has 188 valence electrons. The third-order valence-electron chi connectivity index (χ3n) is 6.22. The first-order valence-corrected chi connectivity index (χ1v) is 13.0. The molecule has 0 radical (unpaired) electrons. The summed E-state index contributed by atoms with van der Waals surface area (Å²) in [6, 6.07) is 14.0. The molecule has 1 unspecified atom stereocenters. The van der Waals surface area contributed by atoms with Crippen LogP contribution in [0.1, 0.15) is 19.3 Å². The molecule has 1 aromatic heterocycles. The molecule has 0 aliphatic carbocycles. The van der Waals surface area contributed by atoms with Gasteiger partial charge >= 0.3 is 0 Å². The van der Waals surface area contributed by atoms with Gasteiger partial charge in [0.1, 0.15) is 6.04 Å². The van der Waals surface area contributed by atoms with Gasteiger partial charge in [0.05, 0.1) is 11.3 Å². The molecule has 1 atom stereocenters. The first kappa shape index (κ1) is 25.3. The number of pyridine rings is 1. The van der Waals surface area contributed by atoms with E-state index in [1.165, 1.54) is 12.1 Å². The van der Waals surface area contributed by atoms with E-state index in [2.05, 4.69) is 19.9 Å². The Morgan fingerprint density at radius 1 is 1.00 bits per heavy atom. The van der Waals surface area contributed by atoms with Gasteiger partial charge in [0.15, 0.2) is 0 Å². The number of rotatable bonds is 8. The van der Waals surface area contributed by atoms with E-state index in [1.807, 2.05) is 24.3 Å². The van der Waals surface area contributed by atoms with Crippen molar-refractivity contribution in [3.05, 3.63) is 67.0 Å². The van der Waals surface area contributed by atoms with E-state index in [0.717, 1.165) is 11.1 Å². The van der Waals surface area contributed by atoms with E-state index < -0.39 is 40.2 Å². The molecular formula is C25H27N5O5S. The quantitative estimate of drug-likeness (QED) is 0.414. The number of sulfonamides is 1. The molecule has 2 heterocycles. The van der Waals surface area contributed by atoms with Gasteiger partial charge in [0.25, 0.3) is 0 Å². The number of piperidine rings is 1. The maximum absolute atomic E-state index is 12.9. The van der Waals surface area contributed by atoms with E-state index >= 15 is 0 Å². The first-order chi connectivity index (χ1) is 17.2. The van der Waals surface area contributed by atoms with Crippen molar-refractivity contribution in [1.82, 2.24) is 15.0 Å². The zero-order valence-corrected chi connectivity index (χ0v) is 20.3. The minimum Gasteiger partial charge on any atom is -0.371 e. The summed E-state index contributed by atoms with van der Waals surface area (Å²) in [5, 5.41) is 3.85. The largest absolute Gasteiger partial charge is 0.371 e. The van der Waals surface area contributed by atoms with Gasteiger partial charge in [-0.15, -0.1) is 0 Å². The molecule has 1 aliphatic rings. The van der Waals surface area contributed by atoms with Gasteiger partial charge in [-0.2, -0.15) is 4.72 Å². The summed E-state index contributed by atoms with van der Waals surface area (Å²) in [6.45, 7) is 1.29. The lowest BCUT2D eigenvalue weighted by Crippen LogP contribution is -2.49. The van der Waals surface area contributed by atoms with Crippen molar-refractivity contribution in [3.8, 4) is 0 Å². The van der Waals surface area contributed by atoms with Crippen molar-refractivity contribution in [1.29, 1.82) is 0 Å². The van der Waals surface area contributed by atoms with Crippen molar-refractivity contribution in [2.75, 3.05) is 18.0 Å². The van der Waals surface area contributed by atoms with Crippen LogP contribution in [0.4, 0.5) is 5.69 Å². The number of fused-ring (bicyclic) bond motifs is 1. The summed E-state index contributed by atoms with van der Waals surface area (Å²) < 4.78 is 27.9. The second-order valence-electron chi connectivity index (χ2n) is 8.67. The average Bonchev–Trinajstić information content (AvgIpc) is 2.88. The summed E-state index contributed by atoms with van der Waals surface area (Å²) in [7, 11) is -4.15. The van der Waals surface area contributed by atoms with Crippen LogP contribution in [0.15, 0.2) is 71.9 Å². The highest BCUT2D eigenvalue weighted by Gasteiger charge is 2.30. The Hall–Kier alpha value is -3.83. The number of hydrogen-bond acceptors (Lipinski definition) is 7. The van der Waals surface area contributed by atoms with Crippen LogP contribution in [0, 0.1) is 5.92 Å². The standard InChI is InChI=1S/C25H27N5O5S/c26-24(32)22(29-36(34,35)21-6-5-17-3-1-2-4-19(17)15-21)16-23(31)28-25(33)18-9-13-30(14-10-18)20-7-11-27-12-8-20/h1-8,11-12,15,18,22,29H,9-10,13-14,16H2,(H2,26,32)(H,28,31,33). The fraction of sp³-hybridized carbons (Fsp3) is 0.280. The second-order valence-corrected chi connectivity index (χ2v) is 10.4. The molecule has 4 N–H and O–H groups in total. The fourth-order valence-corrected chi connectivity index (χ4v) is 5.46. The highest BCUT2D eigenvalue weighted by atomic mass is 32.2. The molecule has 0 saturated carbocycles. The third kappa shape index (κ3) is 6.04. The van der Waals surface area contributed by atoms with Crippen molar-refractivity contribution < 1.29 is 22.8 Å². The second kappa shape index (κ2) is 10.8. The van der Waals surface area contributed by atoms with Crippen LogP contribution in [0.2, 0.25) is 0 Å². The van der Waals surface area contributed by atoms with Gasteiger partial charge in [0.2, 0.25) is 27.7 Å². The highest BCUT2D eigenvalue weighted by Crippen LogP contribution is 2.23. The van der Waals surface area contributed by atoms with Crippen LogP contribution < -0.4 is 20.7 Å². The molecule has 0 bridgehead atoms. The smallest absolute Gasteiger partial charge is 0.241 e. The number of anilines is 1. The zero-order valence-electron chi connectivity index (χ0n) is 19.5. The molecule has 3 aromatic rings. The van der Waals surface area contributed by atoms with Gasteiger partial charge in [-0.05, 0) is 47.9 Å². The fourth-order valence-electron chi connectivity index (χ4n) is 4.22. The van der Waals surface area contributed by atoms with Crippen molar-refractivity contribution in [2.45, 2.75) is 30.2 Å². The van der Waals surface area contributed by atoms with E-state index in [-0.39, 0.29) is 10.8 Å². The summed E-state index contributed by atoms with van der Waals surface area (Å²) in [4.78, 5) is 43.1. The Balaban J connectivity index is 1.34. The number of primary amides is 1. The van der Waals surface area contributed by atoms with Crippen molar-refractivity contribution in [2.24, 2.45) is 11.7 Å². The molecule has 11 heteroatoms. The van der Waals surface area contributed by atoms with E-state index in [1.54, 1.807) is 30.6 Å². The van der Waals surface area contributed by atoms with E-state index in [0.29, 0.717) is 31.3 Å². The zero-order chi connectivity index (χ0) is 25.7.